The zero-order chi connectivity index (χ0) is 18.4. The van der Waals surface area contributed by atoms with Gasteiger partial charge in [0.25, 0.3) is 5.69 Å². The zero-order valence-electron chi connectivity index (χ0n) is 15.4. The summed E-state index contributed by atoms with van der Waals surface area (Å²) in [5.74, 6) is 6.38. The van der Waals surface area contributed by atoms with Crippen LogP contribution in [0.25, 0.3) is 0 Å². The van der Waals surface area contributed by atoms with Crippen LogP contribution in [0.4, 0.5) is 5.69 Å². The third-order valence-corrected chi connectivity index (χ3v) is 8.72. The van der Waals surface area contributed by atoms with Crippen molar-refractivity contribution in [1.29, 1.82) is 0 Å². The molecule has 0 saturated heterocycles. The lowest BCUT2D eigenvalue weighted by atomic mass is 10.2. The smallest absolute Gasteiger partial charge is 0.273 e. The molecular weight excluding hydrogens is 322 g/mol. The Kier molecular flexibility index (Phi) is 7.00. The van der Waals surface area contributed by atoms with Crippen molar-refractivity contribution in [2.24, 2.45) is 0 Å². The number of ether oxygens (including phenoxy) is 1. The quantitative estimate of drug-likeness (QED) is 0.244. The second-order valence-electron chi connectivity index (χ2n) is 7.05. The van der Waals surface area contributed by atoms with Crippen molar-refractivity contribution in [2.45, 2.75) is 52.2 Å². The van der Waals surface area contributed by atoms with Gasteiger partial charge < -0.3 is 9.16 Å². The van der Waals surface area contributed by atoms with Crippen molar-refractivity contribution >= 4 is 14.0 Å². The van der Waals surface area contributed by atoms with Gasteiger partial charge in [-0.25, -0.2) is 0 Å². The van der Waals surface area contributed by atoms with E-state index in [0.29, 0.717) is 30.9 Å². The summed E-state index contributed by atoms with van der Waals surface area (Å²) in [5.41, 5.74) is 0.659. The molecule has 0 unspecified atom stereocenters. The molecule has 0 spiro atoms. The van der Waals surface area contributed by atoms with Gasteiger partial charge in [0.2, 0.25) is 0 Å². The van der Waals surface area contributed by atoms with Crippen LogP contribution in [0.15, 0.2) is 18.2 Å². The molecule has 0 aromatic heterocycles. The molecule has 0 aliphatic heterocycles. The van der Waals surface area contributed by atoms with Crippen LogP contribution in [-0.2, 0) is 4.43 Å². The Bertz CT molecular complexity index is 639. The number of nitro groups is 1. The summed E-state index contributed by atoms with van der Waals surface area (Å²) in [6, 6.07) is 4.50. The highest BCUT2D eigenvalue weighted by Gasteiger charge is 2.36. The number of benzene rings is 1. The third kappa shape index (κ3) is 5.66. The average molecular weight is 350 g/mol. The first kappa shape index (κ1) is 20.2. The average Bonchev–Trinajstić information content (AvgIpc) is 2.48. The first-order chi connectivity index (χ1) is 11.1. The van der Waals surface area contributed by atoms with Gasteiger partial charge >= 0.3 is 0 Å². The summed E-state index contributed by atoms with van der Waals surface area (Å²) in [7, 11) is -1.82. The molecule has 0 atom stereocenters. The Morgan fingerprint density at radius 2 is 1.92 bits per heavy atom. The van der Waals surface area contributed by atoms with Crippen LogP contribution in [-0.4, -0.2) is 26.5 Å². The van der Waals surface area contributed by atoms with Crippen LogP contribution < -0.4 is 4.74 Å². The number of hydrogen-bond donors (Lipinski definition) is 0. The minimum atomic E-state index is -1.82. The third-order valence-electron chi connectivity index (χ3n) is 4.19. The molecule has 24 heavy (non-hydrogen) atoms. The fourth-order valence-corrected chi connectivity index (χ4v) is 2.72. The van der Waals surface area contributed by atoms with E-state index < -0.39 is 13.2 Å². The van der Waals surface area contributed by atoms with E-state index in [2.05, 4.69) is 45.7 Å². The highest BCUT2D eigenvalue weighted by molar-refractivity contribution is 6.74. The lowest BCUT2D eigenvalue weighted by molar-refractivity contribution is -0.384. The number of non-ortho nitro benzene ring substituents is 1. The number of rotatable bonds is 6. The molecule has 0 amide bonds. The molecule has 0 bridgehead atoms. The van der Waals surface area contributed by atoms with Crippen LogP contribution in [0.3, 0.4) is 0 Å². The number of nitrogens with zero attached hydrogens (tertiary/aromatic N) is 1. The Morgan fingerprint density at radius 3 is 2.46 bits per heavy atom. The van der Waals surface area contributed by atoms with Gasteiger partial charge in [0.15, 0.2) is 8.32 Å². The molecule has 1 aromatic rings. The zero-order valence-corrected chi connectivity index (χ0v) is 16.4. The summed E-state index contributed by atoms with van der Waals surface area (Å²) in [6.07, 6.45) is 0.713. The monoisotopic (exact) mass is 349 g/mol. The van der Waals surface area contributed by atoms with Gasteiger partial charge in [0.1, 0.15) is 12.4 Å². The normalized spacial score (nSPS) is 11.6. The van der Waals surface area contributed by atoms with Crippen molar-refractivity contribution in [3.63, 3.8) is 0 Å². The van der Waals surface area contributed by atoms with Gasteiger partial charge in [-0.1, -0.05) is 39.5 Å². The predicted octanol–water partition coefficient (Wildman–Crippen LogP) is 4.76. The van der Waals surface area contributed by atoms with Gasteiger partial charge in [-0.2, -0.15) is 0 Å². The van der Waals surface area contributed by atoms with Crippen LogP contribution in [0.1, 0.15) is 39.7 Å². The van der Waals surface area contributed by atoms with Gasteiger partial charge in [-0.05, 0) is 24.2 Å². The molecule has 0 heterocycles. The fourth-order valence-electron chi connectivity index (χ4n) is 1.70. The summed E-state index contributed by atoms with van der Waals surface area (Å²) in [4.78, 5) is 10.5. The molecular formula is C18H27NO4Si. The van der Waals surface area contributed by atoms with Crippen LogP contribution in [0.2, 0.25) is 18.1 Å². The summed E-state index contributed by atoms with van der Waals surface area (Å²) < 4.78 is 11.8. The van der Waals surface area contributed by atoms with E-state index in [4.69, 9.17) is 9.16 Å². The summed E-state index contributed by atoms with van der Waals surface area (Å²) in [5, 5.41) is 11.1. The highest BCUT2D eigenvalue weighted by atomic mass is 28.4. The molecule has 0 N–H and O–H groups in total. The second-order valence-corrected chi connectivity index (χ2v) is 11.9. The molecule has 0 radical (unpaired) electrons. The first-order valence-corrected chi connectivity index (χ1v) is 11.0. The van der Waals surface area contributed by atoms with Crippen molar-refractivity contribution in [3.05, 3.63) is 33.9 Å². The van der Waals surface area contributed by atoms with E-state index in [1.54, 1.807) is 6.07 Å². The molecule has 6 heteroatoms. The molecule has 132 valence electrons. The summed E-state index contributed by atoms with van der Waals surface area (Å²) in [6.45, 7) is 13.6. The van der Waals surface area contributed by atoms with E-state index in [1.165, 1.54) is 12.1 Å². The SMILES string of the molecule is CCC#Cc1ccc([N+](=O)[O-])cc1OCCO[Si](C)(C)C(C)(C)C. The predicted molar refractivity (Wildman–Crippen MR) is 98.9 cm³/mol. The van der Waals surface area contributed by atoms with Crippen LogP contribution in [0, 0.1) is 22.0 Å². The van der Waals surface area contributed by atoms with Crippen molar-refractivity contribution in [1.82, 2.24) is 0 Å². The molecule has 5 nitrogen and oxygen atoms in total. The Hall–Kier alpha value is -1.84. The Labute approximate surface area is 145 Å². The molecule has 1 rings (SSSR count). The fraction of sp³-hybridized carbons (Fsp3) is 0.556. The first-order valence-electron chi connectivity index (χ1n) is 8.12. The Morgan fingerprint density at radius 1 is 1.25 bits per heavy atom. The van der Waals surface area contributed by atoms with Crippen molar-refractivity contribution < 1.29 is 14.1 Å². The van der Waals surface area contributed by atoms with E-state index in [0.717, 1.165) is 0 Å². The molecule has 1 aromatic carbocycles. The van der Waals surface area contributed by atoms with Crippen molar-refractivity contribution in [3.8, 4) is 17.6 Å². The Balaban J connectivity index is 2.79. The standard InChI is InChI=1S/C18H27NO4Si/c1-7-8-9-15-10-11-16(19(20)21)14-17(15)22-12-13-23-24(5,6)18(2,3)4/h10-11,14H,7,12-13H2,1-6H3. The number of nitro benzene ring substituents is 1. The maximum atomic E-state index is 10.9. The van der Waals surface area contributed by atoms with E-state index >= 15 is 0 Å². The maximum absolute atomic E-state index is 10.9. The van der Waals surface area contributed by atoms with E-state index in [9.17, 15) is 10.1 Å². The molecule has 0 fully saturated rings. The van der Waals surface area contributed by atoms with Crippen molar-refractivity contribution in [2.75, 3.05) is 13.2 Å². The van der Waals surface area contributed by atoms with E-state index in [-0.39, 0.29) is 10.7 Å². The largest absolute Gasteiger partial charge is 0.490 e. The van der Waals surface area contributed by atoms with E-state index in [1.807, 2.05) is 6.92 Å². The lowest BCUT2D eigenvalue weighted by Crippen LogP contribution is -2.41. The molecule has 0 aliphatic rings. The minimum Gasteiger partial charge on any atom is -0.490 e. The van der Waals surface area contributed by atoms with Gasteiger partial charge in [-0.15, -0.1) is 0 Å². The maximum Gasteiger partial charge on any atom is 0.273 e. The number of hydrogen-bond acceptors (Lipinski definition) is 4. The van der Waals surface area contributed by atoms with Gasteiger partial charge in [-0.3, -0.25) is 10.1 Å². The molecule has 0 saturated carbocycles. The minimum absolute atomic E-state index is 0.00244. The van der Waals surface area contributed by atoms with Gasteiger partial charge in [0.05, 0.1) is 23.2 Å². The molecule has 0 aliphatic carbocycles. The highest BCUT2D eigenvalue weighted by Crippen LogP contribution is 2.36. The topological polar surface area (TPSA) is 61.6 Å². The second kappa shape index (κ2) is 8.31. The van der Waals surface area contributed by atoms with Crippen LogP contribution >= 0.6 is 0 Å². The van der Waals surface area contributed by atoms with Gasteiger partial charge in [0, 0.05) is 12.5 Å². The van der Waals surface area contributed by atoms with Crippen LogP contribution in [0.5, 0.6) is 5.75 Å². The lowest BCUT2D eigenvalue weighted by Gasteiger charge is -2.36. The summed E-state index contributed by atoms with van der Waals surface area (Å²) >= 11 is 0.